The van der Waals surface area contributed by atoms with E-state index in [1.807, 2.05) is 20.1 Å². The molecule has 4 heteroatoms. The first-order valence-electron chi connectivity index (χ1n) is 5.14. The number of hydrogen-bond acceptors (Lipinski definition) is 4. The molecule has 85 valence electrons. The predicted molar refractivity (Wildman–Crippen MR) is 53.7 cm³/mol. The fraction of sp³-hybridized carbons (Fsp3) is 0.818. The highest BCUT2D eigenvalue weighted by Gasteiger charge is 2.45. The Labute approximate surface area is 89.9 Å². The number of hydrogen-bond donors (Lipinski definition) is 0. The molecule has 0 amide bonds. The second kappa shape index (κ2) is 4.31. The molecule has 1 radical (unpaired) electrons. The number of carbonyl (C=O) groups excluding carboxylic acids is 2. The molecule has 15 heavy (non-hydrogen) atoms. The summed E-state index contributed by atoms with van der Waals surface area (Å²) in [6.07, 6.45) is 1.66. The summed E-state index contributed by atoms with van der Waals surface area (Å²) in [4.78, 5) is 22.2. The van der Waals surface area contributed by atoms with Gasteiger partial charge in [-0.2, -0.15) is 0 Å². The first-order chi connectivity index (χ1) is 6.85. The second-order valence-electron chi connectivity index (χ2n) is 4.71. The quantitative estimate of drug-likeness (QED) is 0.663. The molecule has 0 spiro atoms. The maximum Gasteiger partial charge on any atom is 0.338 e. The Bertz CT molecular complexity index is 257. The molecule has 1 aliphatic rings. The minimum absolute atomic E-state index is 0.316. The molecule has 0 aromatic heterocycles. The minimum atomic E-state index is -0.923. The van der Waals surface area contributed by atoms with Crippen LogP contribution in [-0.2, 0) is 19.1 Å². The zero-order valence-corrected chi connectivity index (χ0v) is 9.57. The van der Waals surface area contributed by atoms with Crippen molar-refractivity contribution in [3.63, 3.8) is 0 Å². The van der Waals surface area contributed by atoms with Crippen molar-refractivity contribution in [2.24, 2.45) is 11.8 Å². The number of carbonyl (C=O) groups is 1. The lowest BCUT2D eigenvalue weighted by Crippen LogP contribution is -2.30. The zero-order chi connectivity index (χ0) is 11.6. The molecule has 1 rings (SSSR count). The van der Waals surface area contributed by atoms with E-state index < -0.39 is 23.8 Å². The van der Waals surface area contributed by atoms with E-state index in [1.165, 1.54) is 0 Å². The van der Waals surface area contributed by atoms with Gasteiger partial charge in [0.05, 0.1) is 5.92 Å². The van der Waals surface area contributed by atoms with Gasteiger partial charge in [-0.3, -0.25) is 4.79 Å². The predicted octanol–water partition coefficient (Wildman–Crippen LogP) is 1.44. The summed E-state index contributed by atoms with van der Waals surface area (Å²) in [5, 5.41) is 0. The molecule has 1 saturated heterocycles. The van der Waals surface area contributed by atoms with Crippen molar-refractivity contribution in [3.8, 4) is 0 Å². The molecule has 0 aromatic carbocycles. The Morgan fingerprint density at radius 3 is 2.40 bits per heavy atom. The van der Waals surface area contributed by atoms with Crippen LogP contribution in [-0.4, -0.2) is 24.1 Å². The summed E-state index contributed by atoms with van der Waals surface area (Å²) in [5.74, 6) is -1.60. The van der Waals surface area contributed by atoms with E-state index in [2.05, 4.69) is 0 Å². The molecular formula is C11H17O4. The van der Waals surface area contributed by atoms with Gasteiger partial charge in [-0.25, -0.2) is 4.79 Å². The molecule has 1 aliphatic heterocycles. The lowest BCUT2D eigenvalue weighted by Gasteiger charge is -2.18. The lowest BCUT2D eigenvalue weighted by molar-refractivity contribution is -0.161. The van der Waals surface area contributed by atoms with Crippen LogP contribution in [0.25, 0.3) is 0 Å². The van der Waals surface area contributed by atoms with E-state index in [0.29, 0.717) is 12.3 Å². The third-order valence-corrected chi connectivity index (χ3v) is 2.23. The maximum absolute atomic E-state index is 11.4. The van der Waals surface area contributed by atoms with Crippen molar-refractivity contribution in [2.45, 2.75) is 46.0 Å². The van der Waals surface area contributed by atoms with E-state index in [1.54, 1.807) is 13.8 Å². The summed E-state index contributed by atoms with van der Waals surface area (Å²) in [6, 6.07) is 0. The van der Waals surface area contributed by atoms with Crippen LogP contribution < -0.4 is 0 Å². The third kappa shape index (κ3) is 3.02. The fourth-order valence-electron chi connectivity index (χ4n) is 1.67. The van der Waals surface area contributed by atoms with Crippen LogP contribution in [0.2, 0.25) is 0 Å². The molecule has 1 fully saturated rings. The summed E-state index contributed by atoms with van der Waals surface area (Å²) in [7, 11) is 0. The van der Waals surface area contributed by atoms with Crippen molar-refractivity contribution < 1.29 is 19.1 Å². The SMILES string of the molecule is CC(C)C[C@@H]([C]=O)[C@@H]1OC(C)(C)OC1=O. The standard InChI is InChI=1S/C11H17O4/c1-7(2)5-8(6-12)9-10(13)15-11(3,4)14-9/h7-9H,5H2,1-4H3/t8-,9-/m0/s1. The van der Waals surface area contributed by atoms with Gasteiger partial charge in [-0.1, -0.05) is 13.8 Å². The van der Waals surface area contributed by atoms with E-state index in [-0.39, 0.29) is 0 Å². The minimum Gasteiger partial charge on any atom is -0.432 e. The summed E-state index contributed by atoms with van der Waals surface area (Å²) in [6.45, 7) is 7.27. The largest absolute Gasteiger partial charge is 0.432 e. The van der Waals surface area contributed by atoms with Crippen molar-refractivity contribution in [2.75, 3.05) is 0 Å². The first-order valence-corrected chi connectivity index (χ1v) is 5.14. The Morgan fingerprint density at radius 1 is 1.47 bits per heavy atom. The number of cyclic esters (lactones) is 1. The molecule has 0 unspecified atom stereocenters. The average molecular weight is 213 g/mol. The smallest absolute Gasteiger partial charge is 0.338 e. The Hall–Kier alpha value is -0.900. The fourth-order valence-corrected chi connectivity index (χ4v) is 1.67. The molecule has 4 nitrogen and oxygen atoms in total. The highest BCUT2D eigenvalue weighted by molar-refractivity contribution is 5.80. The van der Waals surface area contributed by atoms with Crippen LogP contribution in [0.1, 0.15) is 34.1 Å². The van der Waals surface area contributed by atoms with Crippen LogP contribution in [0.15, 0.2) is 0 Å². The summed E-state index contributed by atoms with van der Waals surface area (Å²) < 4.78 is 10.4. The van der Waals surface area contributed by atoms with Gasteiger partial charge in [0.25, 0.3) is 0 Å². The van der Waals surface area contributed by atoms with Gasteiger partial charge in [0.1, 0.15) is 0 Å². The highest BCUT2D eigenvalue weighted by Crippen LogP contribution is 2.29. The topological polar surface area (TPSA) is 52.6 Å². The number of ether oxygens (including phenoxy) is 2. The van der Waals surface area contributed by atoms with Crippen molar-refractivity contribution in [1.29, 1.82) is 0 Å². The van der Waals surface area contributed by atoms with Gasteiger partial charge >= 0.3 is 5.97 Å². The second-order valence-corrected chi connectivity index (χ2v) is 4.71. The van der Waals surface area contributed by atoms with Crippen LogP contribution in [0.4, 0.5) is 0 Å². The first kappa shape index (κ1) is 12.2. The van der Waals surface area contributed by atoms with Crippen molar-refractivity contribution in [3.05, 3.63) is 0 Å². The van der Waals surface area contributed by atoms with Crippen LogP contribution >= 0.6 is 0 Å². The van der Waals surface area contributed by atoms with Gasteiger partial charge in [0, 0.05) is 13.8 Å². The van der Waals surface area contributed by atoms with Crippen molar-refractivity contribution in [1.82, 2.24) is 0 Å². The zero-order valence-electron chi connectivity index (χ0n) is 9.57. The summed E-state index contributed by atoms with van der Waals surface area (Å²) >= 11 is 0. The van der Waals surface area contributed by atoms with E-state index >= 15 is 0 Å². The maximum atomic E-state index is 11.4. The Balaban J connectivity index is 2.69. The molecule has 0 aromatic rings. The number of rotatable bonds is 4. The van der Waals surface area contributed by atoms with Gasteiger partial charge in [0.15, 0.2) is 6.10 Å². The molecule has 0 bridgehead atoms. The third-order valence-electron chi connectivity index (χ3n) is 2.23. The Kier molecular flexibility index (Phi) is 3.50. The highest BCUT2D eigenvalue weighted by atomic mass is 16.8. The monoisotopic (exact) mass is 213 g/mol. The van der Waals surface area contributed by atoms with Crippen LogP contribution in [0, 0.1) is 11.8 Å². The average Bonchev–Trinajstić information content (AvgIpc) is 2.35. The van der Waals surface area contributed by atoms with Crippen LogP contribution in [0.5, 0.6) is 0 Å². The van der Waals surface area contributed by atoms with Gasteiger partial charge in [-0.15, -0.1) is 0 Å². The van der Waals surface area contributed by atoms with Gasteiger partial charge in [0.2, 0.25) is 12.1 Å². The normalized spacial score (nSPS) is 26.5. The summed E-state index contributed by atoms with van der Waals surface area (Å²) in [5.41, 5.74) is 0. The van der Waals surface area contributed by atoms with Gasteiger partial charge < -0.3 is 9.47 Å². The van der Waals surface area contributed by atoms with E-state index in [9.17, 15) is 9.59 Å². The molecule has 0 N–H and O–H groups in total. The molecule has 0 saturated carbocycles. The van der Waals surface area contributed by atoms with Gasteiger partial charge in [-0.05, 0) is 12.3 Å². The lowest BCUT2D eigenvalue weighted by atomic mass is 9.93. The molecular weight excluding hydrogens is 196 g/mol. The number of esters is 1. The van der Waals surface area contributed by atoms with E-state index in [4.69, 9.17) is 9.47 Å². The molecule has 1 heterocycles. The molecule has 0 aliphatic carbocycles. The van der Waals surface area contributed by atoms with Crippen LogP contribution in [0.3, 0.4) is 0 Å². The Morgan fingerprint density at radius 2 is 2.07 bits per heavy atom. The van der Waals surface area contributed by atoms with Crippen molar-refractivity contribution >= 4 is 12.3 Å². The van der Waals surface area contributed by atoms with E-state index in [0.717, 1.165) is 0 Å². The molecule has 2 atom stereocenters.